The summed E-state index contributed by atoms with van der Waals surface area (Å²) < 4.78 is 82.7. The smallest absolute Gasteiger partial charge is 0.166 e. The molecule has 1 aliphatic heterocycles. The number of hydrogen-bond acceptors (Lipinski definition) is 0. The second kappa shape index (κ2) is 9.72. The van der Waals surface area contributed by atoms with Gasteiger partial charge in [0.25, 0.3) is 0 Å². The lowest BCUT2D eigenvalue weighted by molar-refractivity contribution is -0.138. The van der Waals surface area contributed by atoms with Gasteiger partial charge < -0.3 is 0 Å². The van der Waals surface area contributed by atoms with E-state index in [1.807, 2.05) is 73.8 Å². The highest BCUT2D eigenvalue weighted by Crippen LogP contribution is 2.56. The van der Waals surface area contributed by atoms with Crippen LogP contribution in [0.25, 0.3) is 21.5 Å². The molecule has 0 saturated heterocycles. The van der Waals surface area contributed by atoms with Crippen LogP contribution in [0.3, 0.4) is 0 Å². The molecule has 4 aromatic carbocycles. The lowest BCUT2D eigenvalue weighted by Crippen LogP contribution is -2.29. The third-order valence-corrected chi connectivity index (χ3v) is 10.7. The largest absolute Gasteiger partial charge is 0.416 e. The Labute approximate surface area is 224 Å². The first-order valence-corrected chi connectivity index (χ1v) is 15.3. The standard InChI is InChI=1S/C32H24F6Si/c1-39(2)29(23-15-9-17-25(19-23)31(33,34)35)27(21-11-5-3-6-12-21)28(22-13-7-4-8-14-22)30(39)24-16-10-18-26(20-24)32(36,37)38/h3-20H,1-2H3. The van der Waals surface area contributed by atoms with Crippen molar-refractivity contribution in [2.45, 2.75) is 25.4 Å². The number of hydrogen-bond donors (Lipinski definition) is 0. The van der Waals surface area contributed by atoms with E-state index < -0.39 is 31.6 Å². The van der Waals surface area contributed by atoms with Crippen molar-refractivity contribution in [3.63, 3.8) is 0 Å². The second-order valence-corrected chi connectivity index (χ2v) is 14.3. The van der Waals surface area contributed by atoms with Gasteiger partial charge in [0.2, 0.25) is 0 Å². The Hall–Kier alpha value is -3.84. The summed E-state index contributed by atoms with van der Waals surface area (Å²) in [5, 5.41) is 1.51. The highest BCUT2D eigenvalue weighted by atomic mass is 28.3. The fraction of sp³-hybridized carbons (Fsp3) is 0.125. The fourth-order valence-corrected chi connectivity index (χ4v) is 9.29. The fourth-order valence-electron chi connectivity index (χ4n) is 5.50. The summed E-state index contributed by atoms with van der Waals surface area (Å²) in [4.78, 5) is 0. The molecule has 4 aromatic rings. The first-order chi connectivity index (χ1) is 18.4. The van der Waals surface area contributed by atoms with Crippen LogP contribution >= 0.6 is 0 Å². The Morgan fingerprint density at radius 3 is 1.10 bits per heavy atom. The van der Waals surface area contributed by atoms with Crippen molar-refractivity contribution in [3.05, 3.63) is 143 Å². The van der Waals surface area contributed by atoms with E-state index in [2.05, 4.69) is 0 Å². The van der Waals surface area contributed by atoms with Gasteiger partial charge in [-0.1, -0.05) is 98.0 Å². The van der Waals surface area contributed by atoms with Gasteiger partial charge in [-0.15, -0.1) is 0 Å². The lowest BCUT2D eigenvalue weighted by Gasteiger charge is -2.27. The maximum absolute atomic E-state index is 13.8. The summed E-state index contributed by atoms with van der Waals surface area (Å²) in [7, 11) is -2.91. The van der Waals surface area contributed by atoms with Crippen LogP contribution in [0.4, 0.5) is 26.3 Å². The molecule has 39 heavy (non-hydrogen) atoms. The van der Waals surface area contributed by atoms with Crippen molar-refractivity contribution in [2.24, 2.45) is 0 Å². The first kappa shape index (κ1) is 26.8. The van der Waals surface area contributed by atoms with Crippen LogP contribution in [-0.4, -0.2) is 8.07 Å². The van der Waals surface area contributed by atoms with Crippen LogP contribution in [-0.2, 0) is 12.4 Å². The summed E-state index contributed by atoms with van der Waals surface area (Å²) in [6, 6.07) is 29.2. The van der Waals surface area contributed by atoms with Crippen LogP contribution in [0.2, 0.25) is 13.1 Å². The van der Waals surface area contributed by atoms with Crippen molar-refractivity contribution in [1.82, 2.24) is 0 Å². The maximum Gasteiger partial charge on any atom is 0.416 e. The van der Waals surface area contributed by atoms with Gasteiger partial charge >= 0.3 is 12.4 Å². The molecule has 0 N–H and O–H groups in total. The summed E-state index contributed by atoms with van der Waals surface area (Å²) in [5.74, 6) is 0. The minimum atomic E-state index is -4.53. The van der Waals surface area contributed by atoms with Gasteiger partial charge in [0, 0.05) is 0 Å². The molecule has 5 rings (SSSR count). The lowest BCUT2D eigenvalue weighted by atomic mass is 9.89. The number of halogens is 6. The Balaban J connectivity index is 1.90. The predicted molar refractivity (Wildman–Crippen MR) is 147 cm³/mol. The molecule has 0 unspecified atom stereocenters. The molecule has 0 bridgehead atoms. The number of alkyl halides is 6. The van der Waals surface area contributed by atoms with Crippen molar-refractivity contribution < 1.29 is 26.3 Å². The minimum absolute atomic E-state index is 0.427. The quantitative estimate of drug-likeness (QED) is 0.175. The topological polar surface area (TPSA) is 0 Å². The molecular weight excluding hydrogens is 526 g/mol. The summed E-state index contributed by atoms with van der Waals surface area (Å²) in [5.41, 5.74) is 2.43. The van der Waals surface area contributed by atoms with Gasteiger partial charge in [-0.05, 0) is 68.1 Å². The van der Waals surface area contributed by atoms with Gasteiger partial charge in [-0.25, -0.2) is 0 Å². The molecule has 0 saturated carbocycles. The van der Waals surface area contributed by atoms with Crippen molar-refractivity contribution in [2.75, 3.05) is 0 Å². The van der Waals surface area contributed by atoms with E-state index in [1.165, 1.54) is 12.1 Å². The van der Waals surface area contributed by atoms with E-state index in [9.17, 15) is 26.3 Å². The predicted octanol–water partition coefficient (Wildman–Crippen LogP) is 10.0. The van der Waals surface area contributed by atoms with Gasteiger partial charge in [0.1, 0.15) is 8.07 Å². The van der Waals surface area contributed by atoms with Crippen molar-refractivity contribution >= 4 is 29.6 Å². The Bertz CT molecular complexity index is 1460. The average Bonchev–Trinajstić information content (AvgIpc) is 3.16. The second-order valence-electron chi connectivity index (χ2n) is 10.0. The van der Waals surface area contributed by atoms with E-state index in [1.54, 1.807) is 12.1 Å². The molecule has 1 heterocycles. The molecule has 0 aromatic heterocycles. The van der Waals surface area contributed by atoms with E-state index in [0.717, 1.165) is 56.9 Å². The van der Waals surface area contributed by atoms with E-state index in [4.69, 9.17) is 0 Å². The summed E-state index contributed by atoms with van der Waals surface area (Å²) >= 11 is 0. The molecule has 0 fully saturated rings. The maximum atomic E-state index is 13.8. The van der Waals surface area contributed by atoms with Gasteiger partial charge in [0.15, 0.2) is 0 Å². The summed E-state index contributed by atoms with van der Waals surface area (Å²) in [6.07, 6.45) is -9.07. The Kier molecular flexibility index (Phi) is 6.67. The Morgan fingerprint density at radius 1 is 0.436 bits per heavy atom. The summed E-state index contributed by atoms with van der Waals surface area (Å²) in [6.45, 7) is 3.99. The average molecular weight is 551 g/mol. The molecule has 0 atom stereocenters. The third-order valence-electron chi connectivity index (χ3n) is 7.08. The highest BCUT2D eigenvalue weighted by molar-refractivity contribution is 7.13. The van der Waals surface area contributed by atoms with Crippen molar-refractivity contribution in [3.8, 4) is 0 Å². The van der Waals surface area contributed by atoms with Crippen LogP contribution in [0.5, 0.6) is 0 Å². The molecule has 0 radical (unpaired) electrons. The normalized spacial score (nSPS) is 15.7. The monoisotopic (exact) mass is 550 g/mol. The molecule has 7 heteroatoms. The highest BCUT2D eigenvalue weighted by Gasteiger charge is 2.45. The molecule has 0 amide bonds. The van der Waals surface area contributed by atoms with Crippen LogP contribution < -0.4 is 0 Å². The van der Waals surface area contributed by atoms with E-state index in [-0.39, 0.29) is 0 Å². The zero-order valence-corrected chi connectivity index (χ0v) is 22.2. The molecule has 0 spiro atoms. The number of allylic oxidation sites excluding steroid dienone is 2. The molecule has 0 nitrogen and oxygen atoms in total. The van der Waals surface area contributed by atoms with E-state index >= 15 is 0 Å². The van der Waals surface area contributed by atoms with E-state index in [0.29, 0.717) is 11.1 Å². The third kappa shape index (κ3) is 4.99. The van der Waals surface area contributed by atoms with Gasteiger partial charge in [-0.3, -0.25) is 0 Å². The zero-order chi connectivity index (χ0) is 28.0. The van der Waals surface area contributed by atoms with Gasteiger partial charge in [0.05, 0.1) is 11.1 Å². The number of rotatable bonds is 4. The van der Waals surface area contributed by atoms with Crippen LogP contribution in [0, 0.1) is 0 Å². The van der Waals surface area contributed by atoms with Crippen molar-refractivity contribution in [1.29, 1.82) is 0 Å². The van der Waals surface area contributed by atoms with Crippen LogP contribution in [0.1, 0.15) is 33.4 Å². The van der Waals surface area contributed by atoms with Gasteiger partial charge in [-0.2, -0.15) is 26.3 Å². The SMILES string of the molecule is C[Si]1(C)C(c2cccc(C(F)(F)F)c2)=C(c2ccccc2)C(c2ccccc2)=C1c1cccc(C(F)(F)F)c1. The molecule has 198 valence electrons. The molecular formula is C32H24F6Si. The Morgan fingerprint density at radius 2 is 0.769 bits per heavy atom. The number of benzene rings is 4. The van der Waals surface area contributed by atoms with Crippen LogP contribution in [0.15, 0.2) is 109 Å². The molecule has 1 aliphatic rings. The zero-order valence-electron chi connectivity index (χ0n) is 21.2. The first-order valence-electron chi connectivity index (χ1n) is 12.3. The molecule has 0 aliphatic carbocycles. The minimum Gasteiger partial charge on any atom is -0.166 e.